The van der Waals surface area contributed by atoms with E-state index in [1.807, 2.05) is 0 Å². The maximum Gasteiger partial charge on any atom is 0.270 e. The highest BCUT2D eigenvalue weighted by atomic mass is 16.6. The molecule has 0 aliphatic carbocycles. The number of nitrogens with zero attached hydrogens (tertiary/aromatic N) is 1. The zero-order valence-corrected chi connectivity index (χ0v) is 12.2. The maximum atomic E-state index is 11.0. The quantitative estimate of drug-likeness (QED) is 0.562. The first-order valence-corrected chi connectivity index (χ1v) is 7.18. The Morgan fingerprint density at radius 2 is 1.58 bits per heavy atom. The van der Waals surface area contributed by atoms with Crippen molar-refractivity contribution in [1.29, 1.82) is 0 Å². The molecule has 0 atom stereocenters. The summed E-state index contributed by atoms with van der Waals surface area (Å²) in [4.78, 5) is 10.7. The summed E-state index contributed by atoms with van der Waals surface area (Å²) in [5.41, 5.74) is 3.49. The number of benzene rings is 1. The lowest BCUT2D eigenvalue weighted by Gasteiger charge is -2.16. The van der Waals surface area contributed by atoms with Crippen LogP contribution in [0.1, 0.15) is 51.2 Å². The molecule has 0 amide bonds. The molecule has 0 aliphatic heterocycles. The molecule has 0 aromatic heterocycles. The van der Waals surface area contributed by atoms with Crippen LogP contribution in [-0.4, -0.2) is 11.5 Å². The van der Waals surface area contributed by atoms with E-state index in [4.69, 9.17) is 0 Å². The molecule has 0 radical (unpaired) electrons. The molecule has 0 saturated carbocycles. The van der Waals surface area contributed by atoms with Gasteiger partial charge in [-0.15, -0.1) is 0 Å². The van der Waals surface area contributed by atoms with E-state index < -0.39 is 0 Å². The average molecular weight is 264 g/mol. The maximum absolute atomic E-state index is 11.0. The summed E-state index contributed by atoms with van der Waals surface area (Å²) in [6, 6.07) is 3.45. The van der Waals surface area contributed by atoms with Gasteiger partial charge in [0, 0.05) is 24.4 Å². The van der Waals surface area contributed by atoms with Gasteiger partial charge in [-0.1, -0.05) is 33.6 Å². The minimum Gasteiger partial charge on any atom is -0.385 e. The summed E-state index contributed by atoms with van der Waals surface area (Å²) in [7, 11) is 0. The van der Waals surface area contributed by atoms with E-state index in [2.05, 4.69) is 26.1 Å². The molecule has 0 saturated heterocycles. The van der Waals surface area contributed by atoms with Crippen LogP contribution >= 0.6 is 0 Å². The summed E-state index contributed by atoms with van der Waals surface area (Å²) < 4.78 is 0. The summed E-state index contributed by atoms with van der Waals surface area (Å²) in [5.74, 6) is 0. The zero-order valence-electron chi connectivity index (χ0n) is 12.2. The average Bonchev–Trinajstić information content (AvgIpc) is 2.38. The Morgan fingerprint density at radius 3 is 1.95 bits per heavy atom. The number of anilines is 1. The monoisotopic (exact) mass is 264 g/mol. The minimum atomic E-state index is -0.290. The molecule has 4 heteroatoms. The van der Waals surface area contributed by atoms with Crippen molar-refractivity contribution in [3.8, 4) is 0 Å². The van der Waals surface area contributed by atoms with Gasteiger partial charge in [-0.2, -0.15) is 0 Å². The van der Waals surface area contributed by atoms with Crippen LogP contribution < -0.4 is 5.32 Å². The van der Waals surface area contributed by atoms with Gasteiger partial charge in [0.05, 0.1) is 4.92 Å². The van der Waals surface area contributed by atoms with Gasteiger partial charge in [0.25, 0.3) is 5.69 Å². The van der Waals surface area contributed by atoms with Gasteiger partial charge in [0.2, 0.25) is 0 Å². The first kappa shape index (κ1) is 15.5. The van der Waals surface area contributed by atoms with Crippen molar-refractivity contribution < 1.29 is 4.92 Å². The SMILES string of the molecule is CCCNc1c(CCC)cc([N+](=O)[O-])cc1CCC. The number of nitrogens with one attached hydrogen (secondary N) is 1. The second-order valence-electron chi connectivity index (χ2n) is 4.82. The normalized spacial score (nSPS) is 10.5. The van der Waals surface area contributed by atoms with Crippen molar-refractivity contribution >= 4 is 11.4 Å². The van der Waals surface area contributed by atoms with Crippen LogP contribution in [0, 0.1) is 10.1 Å². The summed E-state index contributed by atoms with van der Waals surface area (Å²) in [6.45, 7) is 7.23. The molecular weight excluding hydrogens is 240 g/mol. The topological polar surface area (TPSA) is 55.2 Å². The largest absolute Gasteiger partial charge is 0.385 e. The molecule has 4 nitrogen and oxygen atoms in total. The lowest BCUT2D eigenvalue weighted by atomic mass is 9.99. The van der Waals surface area contributed by atoms with E-state index in [1.54, 1.807) is 12.1 Å². The third kappa shape index (κ3) is 4.23. The second-order valence-corrected chi connectivity index (χ2v) is 4.82. The molecule has 0 aliphatic rings. The number of hydrogen-bond donors (Lipinski definition) is 1. The molecule has 1 aromatic carbocycles. The van der Waals surface area contributed by atoms with Gasteiger partial charge in [0.1, 0.15) is 0 Å². The van der Waals surface area contributed by atoms with Crippen molar-refractivity contribution in [2.24, 2.45) is 0 Å². The smallest absolute Gasteiger partial charge is 0.270 e. The van der Waals surface area contributed by atoms with Crippen molar-refractivity contribution in [2.75, 3.05) is 11.9 Å². The van der Waals surface area contributed by atoms with Gasteiger partial charge < -0.3 is 5.32 Å². The van der Waals surface area contributed by atoms with Crippen LogP contribution in [0.3, 0.4) is 0 Å². The van der Waals surface area contributed by atoms with Crippen molar-refractivity contribution in [2.45, 2.75) is 52.9 Å². The molecule has 0 unspecified atom stereocenters. The van der Waals surface area contributed by atoms with Crippen molar-refractivity contribution in [1.82, 2.24) is 0 Å². The van der Waals surface area contributed by atoms with E-state index in [0.717, 1.165) is 55.5 Å². The van der Waals surface area contributed by atoms with Gasteiger partial charge >= 0.3 is 0 Å². The Labute approximate surface area is 115 Å². The van der Waals surface area contributed by atoms with Crippen LogP contribution in [-0.2, 0) is 12.8 Å². The Bertz CT molecular complexity index is 403. The van der Waals surface area contributed by atoms with Gasteiger partial charge in [-0.3, -0.25) is 10.1 Å². The molecule has 0 bridgehead atoms. The highest BCUT2D eigenvalue weighted by Gasteiger charge is 2.15. The van der Waals surface area contributed by atoms with Crippen LogP contribution in [0.5, 0.6) is 0 Å². The highest BCUT2D eigenvalue weighted by Crippen LogP contribution is 2.29. The molecule has 0 heterocycles. The Kier molecular flexibility index (Phi) is 6.33. The predicted octanol–water partition coefficient (Wildman–Crippen LogP) is 4.32. The molecule has 106 valence electrons. The van der Waals surface area contributed by atoms with Crippen molar-refractivity contribution in [3.63, 3.8) is 0 Å². The number of rotatable bonds is 8. The fraction of sp³-hybridized carbons (Fsp3) is 0.600. The van der Waals surface area contributed by atoms with Crippen molar-refractivity contribution in [3.05, 3.63) is 33.4 Å². The number of non-ortho nitro benzene ring substituents is 1. The second kappa shape index (κ2) is 7.77. The Morgan fingerprint density at radius 1 is 1.05 bits per heavy atom. The third-order valence-electron chi connectivity index (χ3n) is 3.09. The minimum absolute atomic E-state index is 0.217. The van der Waals surface area contributed by atoms with Crippen LogP contribution in [0.15, 0.2) is 12.1 Å². The van der Waals surface area contributed by atoms with E-state index in [0.29, 0.717) is 0 Å². The molecule has 1 N–H and O–H groups in total. The highest BCUT2D eigenvalue weighted by molar-refractivity contribution is 5.62. The standard InChI is InChI=1S/C15H24N2O2/c1-4-7-12-10-14(17(18)19)11-13(8-5-2)15(12)16-9-6-3/h10-11,16H,4-9H2,1-3H3. The fourth-order valence-corrected chi connectivity index (χ4v) is 2.26. The van der Waals surface area contributed by atoms with Gasteiger partial charge in [-0.05, 0) is 30.4 Å². The molecule has 0 spiro atoms. The Balaban J connectivity index is 3.23. The summed E-state index contributed by atoms with van der Waals surface area (Å²) in [6.07, 6.45) is 4.80. The predicted molar refractivity (Wildman–Crippen MR) is 79.9 cm³/mol. The van der Waals surface area contributed by atoms with Gasteiger partial charge in [0.15, 0.2) is 0 Å². The van der Waals surface area contributed by atoms with Gasteiger partial charge in [-0.25, -0.2) is 0 Å². The van der Waals surface area contributed by atoms with E-state index in [9.17, 15) is 10.1 Å². The molecule has 1 rings (SSSR count). The molecule has 0 fully saturated rings. The molecule has 19 heavy (non-hydrogen) atoms. The first-order chi connectivity index (χ1) is 9.13. The number of aryl methyl sites for hydroxylation is 2. The summed E-state index contributed by atoms with van der Waals surface area (Å²) in [5, 5.41) is 14.5. The van der Waals surface area contributed by atoms with Crippen LogP contribution in [0.25, 0.3) is 0 Å². The van der Waals surface area contributed by atoms with E-state index in [1.165, 1.54) is 0 Å². The summed E-state index contributed by atoms with van der Waals surface area (Å²) >= 11 is 0. The third-order valence-corrected chi connectivity index (χ3v) is 3.09. The Hall–Kier alpha value is -1.58. The number of hydrogen-bond acceptors (Lipinski definition) is 3. The molecular formula is C15H24N2O2. The van der Waals surface area contributed by atoms with Crippen LogP contribution in [0.4, 0.5) is 11.4 Å². The van der Waals surface area contributed by atoms with E-state index in [-0.39, 0.29) is 10.6 Å². The lowest BCUT2D eigenvalue weighted by molar-refractivity contribution is -0.385. The lowest BCUT2D eigenvalue weighted by Crippen LogP contribution is -2.08. The number of nitro groups is 1. The first-order valence-electron chi connectivity index (χ1n) is 7.18. The fourth-order valence-electron chi connectivity index (χ4n) is 2.26. The molecule has 1 aromatic rings. The number of nitro benzene ring substituents is 1. The van der Waals surface area contributed by atoms with E-state index >= 15 is 0 Å². The van der Waals surface area contributed by atoms with Crippen LogP contribution in [0.2, 0.25) is 0 Å². The zero-order chi connectivity index (χ0) is 14.3.